The zero-order valence-electron chi connectivity index (χ0n) is 12.4. The van der Waals surface area contributed by atoms with E-state index in [-0.39, 0.29) is 16.6 Å². The van der Waals surface area contributed by atoms with Crippen molar-refractivity contribution >= 4 is 26.1 Å². The predicted molar refractivity (Wildman–Crippen MR) is 89.4 cm³/mol. The Labute approximate surface area is 137 Å². The summed E-state index contributed by atoms with van der Waals surface area (Å²) in [7, 11) is -10.9. The SMILES string of the molecule is O=P(O)(O)C(O)(CC[S+]1CCC(c2ccccc2)C1)P(=O)(O)O. The van der Waals surface area contributed by atoms with Crippen LogP contribution in [0.25, 0.3) is 0 Å². The van der Waals surface area contributed by atoms with Crippen LogP contribution in [0.5, 0.6) is 0 Å². The molecular formula is C13H21O7P2S+. The molecule has 2 rings (SSSR count). The summed E-state index contributed by atoms with van der Waals surface area (Å²) in [6, 6.07) is 9.88. The molecule has 0 radical (unpaired) electrons. The lowest BCUT2D eigenvalue weighted by molar-refractivity contribution is 0.128. The third-order valence-electron chi connectivity index (χ3n) is 4.12. The van der Waals surface area contributed by atoms with Crippen LogP contribution in [-0.4, -0.2) is 47.0 Å². The van der Waals surface area contributed by atoms with E-state index in [2.05, 4.69) is 0 Å². The fourth-order valence-electron chi connectivity index (χ4n) is 2.68. The van der Waals surface area contributed by atoms with E-state index in [1.54, 1.807) is 0 Å². The van der Waals surface area contributed by atoms with E-state index in [1.807, 2.05) is 30.3 Å². The molecule has 1 aliphatic rings. The van der Waals surface area contributed by atoms with E-state index >= 15 is 0 Å². The molecule has 5 N–H and O–H groups in total. The van der Waals surface area contributed by atoms with Crippen LogP contribution in [0.1, 0.15) is 24.3 Å². The van der Waals surface area contributed by atoms with Gasteiger partial charge in [-0.3, -0.25) is 9.13 Å². The number of hydrogen-bond acceptors (Lipinski definition) is 3. The lowest BCUT2D eigenvalue weighted by atomic mass is 9.99. The molecule has 1 fully saturated rings. The van der Waals surface area contributed by atoms with Crippen LogP contribution in [0.2, 0.25) is 0 Å². The summed E-state index contributed by atoms with van der Waals surface area (Å²) in [6.45, 7) is 0. The summed E-state index contributed by atoms with van der Waals surface area (Å²) >= 11 is 0. The predicted octanol–water partition coefficient (Wildman–Crippen LogP) is 1.18. The molecule has 1 aliphatic heterocycles. The Kier molecular flexibility index (Phi) is 5.82. The van der Waals surface area contributed by atoms with Gasteiger partial charge in [0.2, 0.25) is 0 Å². The summed E-state index contributed by atoms with van der Waals surface area (Å²) in [4.78, 5) is 36.6. The molecule has 0 spiro atoms. The lowest BCUT2D eigenvalue weighted by Crippen LogP contribution is -2.31. The maximum Gasteiger partial charge on any atom is 0.369 e. The molecule has 1 aromatic rings. The van der Waals surface area contributed by atoms with E-state index < -0.39 is 26.7 Å². The number of hydrogen-bond donors (Lipinski definition) is 5. The van der Waals surface area contributed by atoms with Crippen LogP contribution < -0.4 is 0 Å². The van der Waals surface area contributed by atoms with Gasteiger partial charge in [0.1, 0.15) is 17.3 Å². The Balaban J connectivity index is 2.01. The molecule has 10 heteroatoms. The third kappa shape index (κ3) is 4.27. The molecule has 2 unspecified atom stereocenters. The topological polar surface area (TPSA) is 135 Å². The molecule has 0 amide bonds. The first-order valence-corrected chi connectivity index (χ1v) is 12.0. The maximum atomic E-state index is 11.3. The molecular weight excluding hydrogens is 362 g/mol. The van der Waals surface area contributed by atoms with E-state index in [9.17, 15) is 14.2 Å². The van der Waals surface area contributed by atoms with Gasteiger partial charge in [-0.2, -0.15) is 0 Å². The highest BCUT2D eigenvalue weighted by molar-refractivity contribution is 7.97. The molecule has 23 heavy (non-hydrogen) atoms. The third-order valence-corrected chi connectivity index (χ3v) is 10.5. The van der Waals surface area contributed by atoms with Crippen molar-refractivity contribution in [2.75, 3.05) is 17.3 Å². The van der Waals surface area contributed by atoms with E-state index in [0.29, 0.717) is 5.92 Å². The Bertz CT molecular complexity index is 604. The lowest BCUT2D eigenvalue weighted by Gasteiger charge is -2.28. The van der Waals surface area contributed by atoms with Crippen LogP contribution in [0, 0.1) is 0 Å². The van der Waals surface area contributed by atoms with Crippen LogP contribution in [0.15, 0.2) is 30.3 Å². The van der Waals surface area contributed by atoms with Gasteiger partial charge in [0.25, 0.3) is 5.08 Å². The fourth-order valence-corrected chi connectivity index (χ4v) is 7.81. The zero-order valence-corrected chi connectivity index (χ0v) is 15.0. The van der Waals surface area contributed by atoms with E-state index in [1.165, 1.54) is 5.56 Å². The van der Waals surface area contributed by atoms with Gasteiger partial charge >= 0.3 is 15.2 Å². The second-order valence-electron chi connectivity index (χ2n) is 5.70. The van der Waals surface area contributed by atoms with Crippen molar-refractivity contribution in [3.63, 3.8) is 0 Å². The standard InChI is InChI=1S/C13H20O7P2S/c14-13(21(15,16)17,22(18,19)20)7-9-23-8-6-12(10-23)11-4-2-1-3-5-11/h1-5,12,14H,6-10H2,(H3-,15,16,17,18,19,20)/p+1. The van der Waals surface area contributed by atoms with Crippen molar-refractivity contribution in [2.24, 2.45) is 0 Å². The molecule has 0 saturated carbocycles. The summed E-state index contributed by atoms with van der Waals surface area (Å²) in [5.74, 6) is 2.17. The van der Waals surface area contributed by atoms with Crippen molar-refractivity contribution in [3.8, 4) is 0 Å². The largest absolute Gasteiger partial charge is 0.369 e. The first-order chi connectivity index (χ1) is 10.5. The van der Waals surface area contributed by atoms with Crippen molar-refractivity contribution in [1.82, 2.24) is 0 Å². The van der Waals surface area contributed by atoms with Crippen LogP contribution >= 0.6 is 15.2 Å². The van der Waals surface area contributed by atoms with E-state index in [4.69, 9.17) is 19.6 Å². The van der Waals surface area contributed by atoms with Crippen LogP contribution in [0.4, 0.5) is 0 Å². The van der Waals surface area contributed by atoms with Gasteiger partial charge in [0, 0.05) is 18.8 Å². The summed E-state index contributed by atoms with van der Waals surface area (Å²) < 4.78 is 22.7. The van der Waals surface area contributed by atoms with Crippen molar-refractivity contribution < 1.29 is 33.8 Å². The van der Waals surface area contributed by atoms with Crippen molar-refractivity contribution in [3.05, 3.63) is 35.9 Å². The summed E-state index contributed by atoms with van der Waals surface area (Å²) in [5, 5.41) is 6.63. The van der Waals surface area contributed by atoms with Crippen molar-refractivity contribution in [2.45, 2.75) is 23.8 Å². The second kappa shape index (κ2) is 6.98. The summed E-state index contributed by atoms with van der Waals surface area (Å²) in [5.41, 5.74) is 1.20. The van der Waals surface area contributed by atoms with Gasteiger partial charge < -0.3 is 24.7 Å². The molecule has 0 aromatic heterocycles. The average molecular weight is 383 g/mol. The Morgan fingerprint density at radius 1 is 1.09 bits per heavy atom. The Morgan fingerprint density at radius 3 is 2.17 bits per heavy atom. The molecule has 1 aromatic carbocycles. The number of aliphatic hydroxyl groups is 1. The van der Waals surface area contributed by atoms with Gasteiger partial charge in [-0.1, -0.05) is 30.3 Å². The zero-order chi connectivity index (χ0) is 17.3. The first-order valence-electron chi connectivity index (χ1n) is 7.07. The summed E-state index contributed by atoms with van der Waals surface area (Å²) in [6.07, 6.45) is 0.323. The average Bonchev–Trinajstić information content (AvgIpc) is 2.92. The van der Waals surface area contributed by atoms with Crippen LogP contribution in [-0.2, 0) is 20.0 Å². The minimum Gasteiger partial charge on any atom is -0.367 e. The second-order valence-corrected chi connectivity index (χ2v) is 12.1. The number of benzene rings is 1. The normalized spacial score (nSPS) is 23.2. The minimum absolute atomic E-state index is 0.191. The molecule has 7 nitrogen and oxygen atoms in total. The van der Waals surface area contributed by atoms with Gasteiger partial charge in [0.05, 0.1) is 0 Å². The Morgan fingerprint density at radius 2 is 1.65 bits per heavy atom. The molecule has 0 bridgehead atoms. The van der Waals surface area contributed by atoms with Crippen molar-refractivity contribution in [1.29, 1.82) is 0 Å². The van der Waals surface area contributed by atoms with Gasteiger partial charge in [-0.05, 0) is 16.5 Å². The number of rotatable bonds is 6. The van der Waals surface area contributed by atoms with Gasteiger partial charge in [-0.25, -0.2) is 0 Å². The monoisotopic (exact) mass is 383 g/mol. The highest BCUT2D eigenvalue weighted by Crippen LogP contribution is 2.69. The van der Waals surface area contributed by atoms with Crippen LogP contribution in [0.3, 0.4) is 0 Å². The molecule has 1 saturated heterocycles. The Hall–Kier alpha value is -0.170. The first kappa shape index (κ1) is 19.2. The highest BCUT2D eigenvalue weighted by Gasteiger charge is 2.60. The molecule has 0 aliphatic carbocycles. The van der Waals surface area contributed by atoms with Gasteiger partial charge in [-0.15, -0.1) is 0 Å². The minimum atomic E-state index is -5.34. The smallest absolute Gasteiger partial charge is 0.367 e. The molecule has 130 valence electrons. The quantitative estimate of drug-likeness (QED) is 0.368. The fraction of sp³-hybridized carbons (Fsp3) is 0.538. The van der Waals surface area contributed by atoms with Gasteiger partial charge in [0.15, 0.2) is 0 Å². The highest BCUT2D eigenvalue weighted by atomic mass is 32.2. The van der Waals surface area contributed by atoms with E-state index in [0.717, 1.165) is 17.9 Å². The maximum absolute atomic E-state index is 11.3. The molecule has 1 heterocycles. The molecule has 2 atom stereocenters.